The third-order valence-corrected chi connectivity index (χ3v) is 6.23. The fourth-order valence-electron chi connectivity index (χ4n) is 3.30. The lowest BCUT2D eigenvalue weighted by atomic mass is 9.83. The molecule has 32 heavy (non-hydrogen) atoms. The summed E-state index contributed by atoms with van der Waals surface area (Å²) < 4.78 is 10.4. The van der Waals surface area contributed by atoms with E-state index in [9.17, 15) is 9.59 Å². The first-order valence-electron chi connectivity index (χ1n) is 10.8. The summed E-state index contributed by atoms with van der Waals surface area (Å²) in [5.74, 6) is 1.28. The number of amides is 2. The van der Waals surface area contributed by atoms with Crippen molar-refractivity contribution in [2.24, 2.45) is 0 Å². The third-order valence-electron chi connectivity index (χ3n) is 6.23. The second-order valence-electron chi connectivity index (χ2n) is 9.23. The molecule has 2 aromatic rings. The van der Waals surface area contributed by atoms with Crippen molar-refractivity contribution in [3.63, 3.8) is 0 Å². The van der Waals surface area contributed by atoms with E-state index in [4.69, 9.17) is 9.47 Å². The monoisotopic (exact) mass is 440 g/mol. The van der Waals surface area contributed by atoms with Crippen molar-refractivity contribution in [1.29, 1.82) is 0 Å². The molecule has 0 aliphatic carbocycles. The van der Waals surface area contributed by atoms with E-state index in [1.165, 1.54) is 0 Å². The predicted molar refractivity (Wildman–Crippen MR) is 127 cm³/mol. The number of rotatable bonds is 9. The quantitative estimate of drug-likeness (QED) is 0.619. The van der Waals surface area contributed by atoms with Gasteiger partial charge in [0.1, 0.15) is 11.5 Å². The van der Waals surface area contributed by atoms with Crippen LogP contribution in [0.4, 0.5) is 0 Å². The van der Waals surface area contributed by atoms with Gasteiger partial charge in [0.05, 0.1) is 25.0 Å². The number of hydrogen-bond acceptors (Lipinski definition) is 4. The molecule has 2 unspecified atom stereocenters. The summed E-state index contributed by atoms with van der Waals surface area (Å²) >= 11 is 0. The summed E-state index contributed by atoms with van der Waals surface area (Å²) in [7, 11) is 3.22. The molecule has 0 spiro atoms. The molecule has 2 atom stereocenters. The van der Waals surface area contributed by atoms with Crippen LogP contribution in [0.1, 0.15) is 52.7 Å². The third kappa shape index (κ3) is 5.61. The van der Waals surface area contributed by atoms with E-state index >= 15 is 0 Å². The number of carbonyl (C=O) groups is 2. The maximum atomic E-state index is 13.0. The van der Waals surface area contributed by atoms with Gasteiger partial charge in [-0.05, 0) is 76.9 Å². The van der Waals surface area contributed by atoms with Crippen molar-refractivity contribution in [3.05, 3.63) is 59.7 Å². The second-order valence-corrected chi connectivity index (χ2v) is 9.23. The van der Waals surface area contributed by atoms with E-state index in [-0.39, 0.29) is 23.9 Å². The van der Waals surface area contributed by atoms with Crippen LogP contribution in [0.3, 0.4) is 0 Å². The van der Waals surface area contributed by atoms with Gasteiger partial charge in [-0.1, -0.05) is 24.3 Å². The highest BCUT2D eigenvalue weighted by Gasteiger charge is 2.34. The first-order valence-corrected chi connectivity index (χ1v) is 10.8. The Kier molecular flexibility index (Phi) is 7.94. The molecular weight excluding hydrogens is 404 g/mol. The lowest BCUT2D eigenvalue weighted by Crippen LogP contribution is -2.54. The normalized spacial score (nSPS) is 13.6. The molecule has 2 N–H and O–H groups in total. The zero-order valence-corrected chi connectivity index (χ0v) is 20.4. The Labute approximate surface area is 191 Å². The Balaban J connectivity index is 2.03. The lowest BCUT2D eigenvalue weighted by molar-refractivity contribution is -0.128. The predicted octanol–water partition coefficient (Wildman–Crippen LogP) is 3.97. The van der Waals surface area contributed by atoms with Gasteiger partial charge in [0.15, 0.2) is 0 Å². The number of hydrogen-bond donors (Lipinski definition) is 2. The highest BCUT2D eigenvalue weighted by molar-refractivity contribution is 5.89. The van der Waals surface area contributed by atoms with Crippen molar-refractivity contribution in [1.82, 2.24) is 10.6 Å². The number of carbonyl (C=O) groups excluding carboxylic acids is 2. The summed E-state index contributed by atoms with van der Waals surface area (Å²) in [6.07, 6.45) is 0. The Bertz CT molecular complexity index is 840. The van der Waals surface area contributed by atoms with E-state index in [1.54, 1.807) is 14.2 Å². The van der Waals surface area contributed by atoms with Crippen molar-refractivity contribution in [2.45, 2.75) is 64.5 Å². The maximum absolute atomic E-state index is 13.0. The van der Waals surface area contributed by atoms with Crippen molar-refractivity contribution < 1.29 is 19.1 Å². The Morgan fingerprint density at radius 2 is 0.938 bits per heavy atom. The average molecular weight is 441 g/mol. The van der Waals surface area contributed by atoms with E-state index < -0.39 is 10.8 Å². The Morgan fingerprint density at radius 3 is 1.19 bits per heavy atom. The largest absolute Gasteiger partial charge is 0.497 e. The topological polar surface area (TPSA) is 76.7 Å². The highest BCUT2D eigenvalue weighted by atomic mass is 16.5. The van der Waals surface area contributed by atoms with Crippen molar-refractivity contribution in [3.8, 4) is 11.5 Å². The molecule has 0 fully saturated rings. The van der Waals surface area contributed by atoms with Crippen molar-refractivity contribution >= 4 is 11.8 Å². The van der Waals surface area contributed by atoms with Crippen LogP contribution in [0.15, 0.2) is 48.5 Å². The van der Waals surface area contributed by atoms with Gasteiger partial charge in [0.25, 0.3) is 0 Å². The van der Waals surface area contributed by atoms with Gasteiger partial charge >= 0.3 is 0 Å². The molecule has 2 amide bonds. The van der Waals surface area contributed by atoms with Gasteiger partial charge in [0, 0.05) is 12.1 Å². The summed E-state index contributed by atoms with van der Waals surface area (Å²) in [4.78, 5) is 26.1. The molecule has 0 aliphatic rings. The van der Waals surface area contributed by atoms with Gasteiger partial charge in [-0.15, -0.1) is 0 Å². The Morgan fingerprint density at radius 1 is 0.656 bits per heavy atom. The van der Waals surface area contributed by atoms with Crippen LogP contribution >= 0.6 is 0 Å². The van der Waals surface area contributed by atoms with E-state index in [1.807, 2.05) is 90.1 Å². The van der Waals surface area contributed by atoms with Gasteiger partial charge in [-0.2, -0.15) is 0 Å². The summed E-state index contributed by atoms with van der Waals surface area (Å²) in [6.45, 7) is 11.3. The minimum Gasteiger partial charge on any atom is -0.497 e. The number of methoxy groups -OCH3 is 2. The minimum atomic E-state index is -0.730. The van der Waals surface area contributed by atoms with Gasteiger partial charge in [0.2, 0.25) is 11.8 Å². The molecule has 2 rings (SSSR count). The fourth-order valence-corrected chi connectivity index (χ4v) is 3.30. The van der Waals surface area contributed by atoms with Gasteiger partial charge in [-0.25, -0.2) is 0 Å². The molecule has 0 heterocycles. The second kappa shape index (κ2) is 10.1. The van der Waals surface area contributed by atoms with E-state index in [2.05, 4.69) is 10.6 Å². The molecule has 174 valence electrons. The highest BCUT2D eigenvalue weighted by Crippen LogP contribution is 2.27. The summed E-state index contributed by atoms with van der Waals surface area (Å²) in [5.41, 5.74) is 0.319. The van der Waals surface area contributed by atoms with Crippen LogP contribution in [-0.2, 0) is 20.4 Å². The first-order chi connectivity index (χ1) is 14.9. The molecule has 0 aromatic heterocycles. The van der Waals surface area contributed by atoms with Crippen molar-refractivity contribution in [2.75, 3.05) is 14.2 Å². The van der Waals surface area contributed by atoms with Crippen LogP contribution in [0.2, 0.25) is 0 Å². The number of benzene rings is 2. The molecule has 6 heteroatoms. The Hall–Kier alpha value is -3.02. The molecule has 0 aliphatic heterocycles. The summed E-state index contributed by atoms with van der Waals surface area (Å²) in [5, 5.41) is 6.11. The van der Waals surface area contributed by atoms with Crippen LogP contribution < -0.4 is 20.1 Å². The minimum absolute atomic E-state index is 0.106. The zero-order valence-electron chi connectivity index (χ0n) is 20.4. The molecule has 0 bridgehead atoms. The SMILES string of the molecule is COc1ccc(C(C)(C)C(=O)NC(C)C(C)NC(=O)C(C)(C)c2ccc(OC)cc2)cc1. The van der Waals surface area contributed by atoms with E-state index in [0.29, 0.717) is 0 Å². The first kappa shape index (κ1) is 25.2. The maximum Gasteiger partial charge on any atom is 0.230 e. The molecule has 0 radical (unpaired) electrons. The molecule has 6 nitrogen and oxygen atoms in total. The lowest BCUT2D eigenvalue weighted by Gasteiger charge is -2.31. The summed E-state index contributed by atoms with van der Waals surface area (Å²) in [6, 6.07) is 14.5. The molecular formula is C26H36N2O4. The van der Waals surface area contributed by atoms with Crippen LogP contribution in [0, 0.1) is 0 Å². The zero-order chi connectivity index (χ0) is 24.1. The van der Waals surface area contributed by atoms with Gasteiger partial charge in [-0.3, -0.25) is 9.59 Å². The molecule has 0 saturated heterocycles. The van der Waals surface area contributed by atoms with Crippen LogP contribution in [0.5, 0.6) is 11.5 Å². The number of ether oxygens (including phenoxy) is 2. The fraction of sp³-hybridized carbons (Fsp3) is 0.462. The smallest absolute Gasteiger partial charge is 0.230 e. The van der Waals surface area contributed by atoms with Crippen LogP contribution in [-0.4, -0.2) is 38.1 Å². The van der Waals surface area contributed by atoms with Crippen LogP contribution in [0.25, 0.3) is 0 Å². The molecule has 2 aromatic carbocycles. The average Bonchev–Trinajstić information content (AvgIpc) is 2.78. The van der Waals surface area contributed by atoms with Gasteiger partial charge < -0.3 is 20.1 Å². The van der Waals surface area contributed by atoms with E-state index in [0.717, 1.165) is 22.6 Å². The number of nitrogens with one attached hydrogen (secondary N) is 2. The standard InChI is InChI=1S/C26H36N2O4/c1-17(27-23(29)25(3,4)19-9-13-21(31-7)14-10-19)18(2)28-24(30)26(5,6)20-11-15-22(32-8)16-12-20/h9-18H,1-8H3,(H,27,29)(H,28,30). The molecule has 0 saturated carbocycles.